The summed E-state index contributed by atoms with van der Waals surface area (Å²) in [6, 6.07) is 10.8. The van der Waals surface area contributed by atoms with E-state index in [0.29, 0.717) is 11.4 Å². The first-order valence-electron chi connectivity index (χ1n) is 7.19. The van der Waals surface area contributed by atoms with Crippen LogP contribution in [0.4, 0.5) is 11.4 Å². The highest BCUT2D eigenvalue weighted by Crippen LogP contribution is 2.21. The molecule has 1 atom stereocenters. The van der Waals surface area contributed by atoms with E-state index in [1.54, 1.807) is 24.3 Å². The van der Waals surface area contributed by atoms with E-state index >= 15 is 0 Å². The number of nitro groups is 1. The minimum absolute atomic E-state index is 0.157. The number of nitrogens with one attached hydrogen (secondary N) is 1. The molecule has 9 heteroatoms. The van der Waals surface area contributed by atoms with Crippen LogP contribution in [0.25, 0.3) is 0 Å². The number of benzene rings is 2. The van der Waals surface area contributed by atoms with Gasteiger partial charge in [0.2, 0.25) is 5.91 Å². The van der Waals surface area contributed by atoms with Gasteiger partial charge in [-0.05, 0) is 43.3 Å². The number of anilines is 1. The molecule has 0 aliphatic carbocycles. The summed E-state index contributed by atoms with van der Waals surface area (Å²) in [5.74, 6) is -0.104. The predicted octanol–water partition coefficient (Wildman–Crippen LogP) is 2.40. The molecule has 0 fully saturated rings. The third-order valence-corrected chi connectivity index (χ3v) is 5.64. The lowest BCUT2D eigenvalue weighted by Gasteiger charge is -2.13. The van der Waals surface area contributed by atoms with E-state index in [9.17, 15) is 23.3 Å². The maximum Gasteiger partial charge on any atom is 0.269 e. The summed E-state index contributed by atoms with van der Waals surface area (Å²) in [4.78, 5) is 22.1. The van der Waals surface area contributed by atoms with Crippen LogP contribution in [0.2, 0.25) is 0 Å². The SMILES string of the molecule is COc1ccc(NC(=O)[C@@H](C)S(=O)(=O)c2ccc([N+](=O)[O-])cc2)cc1. The van der Waals surface area contributed by atoms with Crippen LogP contribution in [-0.4, -0.2) is 31.6 Å². The number of nitrogens with zero attached hydrogens (tertiary/aromatic N) is 1. The zero-order valence-corrected chi connectivity index (χ0v) is 14.3. The van der Waals surface area contributed by atoms with Crippen LogP contribution in [0, 0.1) is 10.1 Å². The second-order valence-corrected chi connectivity index (χ2v) is 7.42. The molecule has 25 heavy (non-hydrogen) atoms. The molecule has 0 spiro atoms. The van der Waals surface area contributed by atoms with Crippen molar-refractivity contribution in [1.82, 2.24) is 0 Å². The Kier molecular flexibility index (Phi) is 5.38. The normalized spacial score (nSPS) is 12.2. The minimum atomic E-state index is -3.97. The Morgan fingerprint density at radius 2 is 1.68 bits per heavy atom. The van der Waals surface area contributed by atoms with Crippen LogP contribution in [0.1, 0.15) is 6.92 Å². The predicted molar refractivity (Wildman–Crippen MR) is 91.4 cm³/mol. The molecule has 0 heterocycles. The van der Waals surface area contributed by atoms with Crippen LogP contribution in [0.5, 0.6) is 5.75 Å². The highest BCUT2D eigenvalue weighted by Gasteiger charge is 2.30. The van der Waals surface area contributed by atoms with Gasteiger partial charge in [-0.25, -0.2) is 8.42 Å². The molecule has 0 radical (unpaired) electrons. The molecular weight excluding hydrogens is 348 g/mol. The fourth-order valence-corrected chi connectivity index (χ4v) is 3.29. The molecule has 0 aromatic heterocycles. The highest BCUT2D eigenvalue weighted by atomic mass is 32.2. The number of sulfone groups is 1. The molecule has 8 nitrogen and oxygen atoms in total. The van der Waals surface area contributed by atoms with Crippen molar-refractivity contribution < 1.29 is 22.9 Å². The number of non-ortho nitro benzene ring substituents is 1. The van der Waals surface area contributed by atoms with Gasteiger partial charge in [-0.2, -0.15) is 0 Å². The quantitative estimate of drug-likeness (QED) is 0.621. The highest BCUT2D eigenvalue weighted by molar-refractivity contribution is 7.92. The Hall–Kier alpha value is -2.94. The molecule has 2 rings (SSSR count). The first-order chi connectivity index (χ1) is 11.8. The van der Waals surface area contributed by atoms with Gasteiger partial charge in [0.15, 0.2) is 9.84 Å². The maximum absolute atomic E-state index is 12.5. The van der Waals surface area contributed by atoms with Crippen molar-refractivity contribution >= 4 is 27.1 Å². The zero-order valence-electron chi connectivity index (χ0n) is 13.5. The monoisotopic (exact) mass is 364 g/mol. The van der Waals surface area contributed by atoms with E-state index in [1.807, 2.05) is 0 Å². The largest absolute Gasteiger partial charge is 0.497 e. The van der Waals surface area contributed by atoms with Gasteiger partial charge in [0.25, 0.3) is 5.69 Å². The van der Waals surface area contributed by atoms with Crippen molar-refractivity contribution in [2.24, 2.45) is 0 Å². The Bertz CT molecular complexity index is 876. The fraction of sp³-hybridized carbons (Fsp3) is 0.188. The van der Waals surface area contributed by atoms with Crippen LogP contribution in [0.15, 0.2) is 53.4 Å². The number of ether oxygens (including phenoxy) is 1. The topological polar surface area (TPSA) is 116 Å². The van der Waals surface area contributed by atoms with Crippen molar-refractivity contribution in [3.05, 3.63) is 58.6 Å². The van der Waals surface area contributed by atoms with E-state index in [0.717, 1.165) is 24.3 Å². The van der Waals surface area contributed by atoms with Crippen molar-refractivity contribution in [3.8, 4) is 5.75 Å². The molecule has 0 bridgehead atoms. The Balaban J connectivity index is 2.17. The lowest BCUT2D eigenvalue weighted by molar-refractivity contribution is -0.384. The van der Waals surface area contributed by atoms with Crippen LogP contribution in [0.3, 0.4) is 0 Å². The summed E-state index contributed by atoms with van der Waals surface area (Å²) >= 11 is 0. The first kappa shape index (κ1) is 18.4. The number of carbonyl (C=O) groups excluding carboxylic acids is 1. The van der Waals surface area contributed by atoms with Gasteiger partial charge < -0.3 is 10.1 Å². The van der Waals surface area contributed by atoms with E-state index in [1.165, 1.54) is 14.0 Å². The lowest BCUT2D eigenvalue weighted by atomic mass is 10.3. The molecule has 1 N–H and O–H groups in total. The maximum atomic E-state index is 12.5. The smallest absolute Gasteiger partial charge is 0.269 e. The van der Waals surface area contributed by atoms with Gasteiger partial charge in [-0.3, -0.25) is 14.9 Å². The third kappa shape index (κ3) is 4.13. The van der Waals surface area contributed by atoms with Crippen LogP contribution >= 0.6 is 0 Å². The minimum Gasteiger partial charge on any atom is -0.497 e. The Morgan fingerprint density at radius 1 is 1.12 bits per heavy atom. The summed E-state index contributed by atoms with van der Waals surface area (Å²) < 4.78 is 30.0. The number of rotatable bonds is 6. The number of hydrogen-bond acceptors (Lipinski definition) is 6. The van der Waals surface area contributed by atoms with E-state index in [4.69, 9.17) is 4.74 Å². The summed E-state index contributed by atoms with van der Waals surface area (Å²) in [5, 5.41) is 11.8. The van der Waals surface area contributed by atoms with Crippen LogP contribution in [-0.2, 0) is 14.6 Å². The molecule has 2 aromatic rings. The van der Waals surface area contributed by atoms with E-state index in [2.05, 4.69) is 5.32 Å². The van der Waals surface area contributed by atoms with Gasteiger partial charge in [-0.1, -0.05) is 0 Å². The summed E-state index contributed by atoms with van der Waals surface area (Å²) in [5.41, 5.74) is 0.200. The number of carbonyl (C=O) groups is 1. The Labute approximate surface area is 144 Å². The Morgan fingerprint density at radius 3 is 2.16 bits per heavy atom. The summed E-state index contributed by atoms with van der Waals surface area (Å²) in [6.45, 7) is 1.26. The average molecular weight is 364 g/mol. The third-order valence-electron chi connectivity index (χ3n) is 3.57. The van der Waals surface area contributed by atoms with Crippen LogP contribution < -0.4 is 10.1 Å². The summed E-state index contributed by atoms with van der Waals surface area (Å²) in [7, 11) is -2.47. The fourth-order valence-electron chi connectivity index (χ4n) is 2.02. The van der Waals surface area contributed by atoms with Crippen molar-refractivity contribution in [1.29, 1.82) is 0 Å². The molecular formula is C16H16N2O6S. The van der Waals surface area contributed by atoms with Gasteiger partial charge in [0.05, 0.1) is 16.9 Å². The molecule has 0 aliphatic rings. The van der Waals surface area contributed by atoms with Gasteiger partial charge in [0.1, 0.15) is 11.0 Å². The molecule has 0 aliphatic heterocycles. The number of nitro benzene ring substituents is 1. The second kappa shape index (κ2) is 7.31. The number of methoxy groups -OCH3 is 1. The molecule has 0 saturated carbocycles. The summed E-state index contributed by atoms with van der Waals surface area (Å²) in [6.07, 6.45) is 0. The number of hydrogen-bond donors (Lipinski definition) is 1. The van der Waals surface area contributed by atoms with E-state index in [-0.39, 0.29) is 10.6 Å². The molecule has 0 unspecified atom stereocenters. The van der Waals surface area contributed by atoms with Gasteiger partial charge in [0, 0.05) is 17.8 Å². The molecule has 132 valence electrons. The van der Waals surface area contributed by atoms with Crippen molar-refractivity contribution in [2.45, 2.75) is 17.1 Å². The zero-order chi connectivity index (χ0) is 18.6. The van der Waals surface area contributed by atoms with Crippen molar-refractivity contribution in [3.63, 3.8) is 0 Å². The van der Waals surface area contributed by atoms with Gasteiger partial charge in [-0.15, -0.1) is 0 Å². The number of amides is 1. The standard InChI is InChI=1S/C16H16N2O6S/c1-11(16(19)17-12-3-7-14(24-2)8-4-12)25(22,23)15-9-5-13(6-10-15)18(20)21/h3-11H,1-2H3,(H,17,19)/t11-/m1/s1. The second-order valence-electron chi connectivity index (χ2n) is 5.16. The van der Waals surface area contributed by atoms with E-state index < -0.39 is 25.9 Å². The first-order valence-corrected chi connectivity index (χ1v) is 8.73. The molecule has 0 saturated heterocycles. The molecule has 1 amide bonds. The van der Waals surface area contributed by atoms with Crippen molar-refractivity contribution in [2.75, 3.05) is 12.4 Å². The lowest BCUT2D eigenvalue weighted by Crippen LogP contribution is -2.32. The average Bonchev–Trinajstić information content (AvgIpc) is 2.61. The molecule has 2 aromatic carbocycles. The van der Waals surface area contributed by atoms with Gasteiger partial charge >= 0.3 is 0 Å².